The fourth-order valence-electron chi connectivity index (χ4n) is 1.78. The van der Waals surface area contributed by atoms with Crippen LogP contribution in [0, 0.1) is 24.5 Å². The van der Waals surface area contributed by atoms with Gasteiger partial charge in [0, 0.05) is 16.4 Å². The summed E-state index contributed by atoms with van der Waals surface area (Å²) in [6, 6.07) is 3.65. The van der Waals surface area contributed by atoms with E-state index in [0.29, 0.717) is 16.4 Å². The molecule has 3 nitrogen and oxygen atoms in total. The summed E-state index contributed by atoms with van der Waals surface area (Å²) in [5.74, 6) is -1.99. The van der Waals surface area contributed by atoms with Crippen molar-refractivity contribution in [2.75, 3.05) is 5.32 Å². The molecule has 1 atom stereocenters. The second-order valence-corrected chi connectivity index (χ2v) is 6.05. The molecule has 0 aliphatic carbocycles. The van der Waals surface area contributed by atoms with E-state index in [2.05, 4.69) is 10.3 Å². The number of carbonyl (C=O) groups is 1. The third-order valence-corrected chi connectivity index (χ3v) is 4.17. The fraction of sp³-hybridized carbons (Fsp3) is 0.333. The van der Waals surface area contributed by atoms with Crippen LogP contribution in [-0.4, -0.2) is 10.9 Å². The summed E-state index contributed by atoms with van der Waals surface area (Å²) in [6.07, 6.45) is 0.742. The largest absolute Gasteiger partial charge is 0.302 e. The average Bonchev–Trinajstić information content (AvgIpc) is 2.81. The van der Waals surface area contributed by atoms with Gasteiger partial charge in [0.05, 0.1) is 5.69 Å². The van der Waals surface area contributed by atoms with Gasteiger partial charge in [0.15, 0.2) is 16.8 Å². The number of amides is 1. The number of aryl methyl sites for hydroxylation is 1. The number of aromatic nitrogens is 1. The van der Waals surface area contributed by atoms with Crippen molar-refractivity contribution in [2.45, 2.75) is 27.2 Å². The van der Waals surface area contributed by atoms with Crippen LogP contribution in [0.25, 0.3) is 11.3 Å². The molecule has 0 radical (unpaired) electrons. The smallest absolute Gasteiger partial charge is 0.228 e. The lowest BCUT2D eigenvalue weighted by Crippen LogP contribution is -2.19. The Balaban J connectivity index is 2.27. The van der Waals surface area contributed by atoms with Gasteiger partial charge in [-0.3, -0.25) is 4.79 Å². The lowest BCUT2D eigenvalue weighted by atomic mass is 10.1. The van der Waals surface area contributed by atoms with Crippen molar-refractivity contribution in [3.05, 3.63) is 34.7 Å². The monoisotopic (exact) mass is 310 g/mol. The quantitative estimate of drug-likeness (QED) is 0.910. The fourth-order valence-corrected chi connectivity index (χ4v) is 2.61. The number of rotatable bonds is 4. The number of hydrogen-bond donors (Lipinski definition) is 1. The highest BCUT2D eigenvalue weighted by Gasteiger charge is 2.16. The first-order valence-electron chi connectivity index (χ1n) is 6.66. The van der Waals surface area contributed by atoms with Crippen LogP contribution in [0.1, 0.15) is 25.1 Å². The summed E-state index contributed by atoms with van der Waals surface area (Å²) < 4.78 is 26.3. The molecule has 0 aliphatic rings. The molecule has 0 aliphatic heterocycles. The molecule has 112 valence electrons. The van der Waals surface area contributed by atoms with Crippen LogP contribution in [0.2, 0.25) is 0 Å². The first-order valence-corrected chi connectivity index (χ1v) is 7.47. The maximum Gasteiger partial charge on any atom is 0.228 e. The minimum absolute atomic E-state index is 0.0944. The zero-order valence-corrected chi connectivity index (χ0v) is 12.9. The van der Waals surface area contributed by atoms with Gasteiger partial charge in [-0.2, -0.15) is 0 Å². The van der Waals surface area contributed by atoms with Gasteiger partial charge < -0.3 is 5.32 Å². The molecule has 21 heavy (non-hydrogen) atoms. The molecule has 1 heterocycles. The molecular weight excluding hydrogens is 294 g/mol. The number of nitrogens with zero attached hydrogens (tertiary/aromatic N) is 1. The number of hydrogen-bond acceptors (Lipinski definition) is 3. The number of anilines is 1. The number of benzene rings is 1. The Morgan fingerprint density at radius 3 is 2.71 bits per heavy atom. The highest BCUT2D eigenvalue weighted by Crippen LogP contribution is 2.31. The summed E-state index contributed by atoms with van der Waals surface area (Å²) in [5.41, 5.74) is 1.05. The SMILES string of the molecule is CC[C@@H](C)C(=O)Nc1nc(-c2ccc(F)c(F)c2)c(C)s1. The highest BCUT2D eigenvalue weighted by atomic mass is 32.1. The van der Waals surface area contributed by atoms with Crippen molar-refractivity contribution in [2.24, 2.45) is 5.92 Å². The zero-order chi connectivity index (χ0) is 15.6. The van der Waals surface area contributed by atoms with E-state index in [4.69, 9.17) is 0 Å². The molecule has 2 rings (SSSR count). The lowest BCUT2D eigenvalue weighted by Gasteiger charge is -2.06. The van der Waals surface area contributed by atoms with Crippen LogP contribution >= 0.6 is 11.3 Å². The van der Waals surface area contributed by atoms with Crippen molar-refractivity contribution in [1.82, 2.24) is 4.98 Å². The lowest BCUT2D eigenvalue weighted by molar-refractivity contribution is -0.119. The van der Waals surface area contributed by atoms with Crippen LogP contribution in [-0.2, 0) is 4.79 Å². The predicted molar refractivity (Wildman–Crippen MR) is 80.3 cm³/mol. The third kappa shape index (κ3) is 3.44. The van der Waals surface area contributed by atoms with E-state index in [9.17, 15) is 13.6 Å². The van der Waals surface area contributed by atoms with E-state index in [-0.39, 0.29) is 11.8 Å². The van der Waals surface area contributed by atoms with Crippen LogP contribution in [0.4, 0.5) is 13.9 Å². The van der Waals surface area contributed by atoms with Gasteiger partial charge in [-0.15, -0.1) is 11.3 Å². The zero-order valence-electron chi connectivity index (χ0n) is 12.0. The van der Waals surface area contributed by atoms with Gasteiger partial charge in [-0.25, -0.2) is 13.8 Å². The number of thiazole rings is 1. The van der Waals surface area contributed by atoms with Crippen molar-refractivity contribution in [3.63, 3.8) is 0 Å². The number of carbonyl (C=O) groups excluding carboxylic acids is 1. The molecule has 0 saturated carbocycles. The Morgan fingerprint density at radius 2 is 2.10 bits per heavy atom. The molecule has 1 aromatic carbocycles. The van der Waals surface area contributed by atoms with E-state index >= 15 is 0 Å². The van der Waals surface area contributed by atoms with Gasteiger partial charge >= 0.3 is 0 Å². The standard InChI is InChI=1S/C15H16F2N2OS/c1-4-8(2)14(20)19-15-18-13(9(3)21-15)10-5-6-11(16)12(17)7-10/h5-8H,4H2,1-3H3,(H,18,19,20)/t8-/m1/s1. The Kier molecular flexibility index (Phi) is 4.67. The molecule has 1 amide bonds. The van der Waals surface area contributed by atoms with Gasteiger partial charge in [0.2, 0.25) is 5.91 Å². The van der Waals surface area contributed by atoms with Gasteiger partial charge in [-0.05, 0) is 31.5 Å². The number of nitrogens with one attached hydrogen (secondary N) is 1. The normalized spacial score (nSPS) is 12.2. The molecule has 1 aromatic heterocycles. The van der Waals surface area contributed by atoms with Gasteiger partial charge in [0.1, 0.15) is 0 Å². The topological polar surface area (TPSA) is 42.0 Å². The second kappa shape index (κ2) is 6.30. The van der Waals surface area contributed by atoms with E-state index < -0.39 is 11.6 Å². The summed E-state index contributed by atoms with van der Waals surface area (Å²) >= 11 is 1.32. The van der Waals surface area contributed by atoms with E-state index in [0.717, 1.165) is 23.4 Å². The molecule has 0 bridgehead atoms. The Morgan fingerprint density at radius 1 is 1.38 bits per heavy atom. The maximum absolute atomic E-state index is 13.3. The maximum atomic E-state index is 13.3. The molecule has 0 saturated heterocycles. The molecule has 0 spiro atoms. The predicted octanol–water partition coefficient (Wildman–Crippen LogP) is 4.38. The summed E-state index contributed by atoms with van der Waals surface area (Å²) in [7, 11) is 0. The Labute approximate surface area is 126 Å². The third-order valence-electron chi connectivity index (χ3n) is 3.28. The first kappa shape index (κ1) is 15.6. The highest BCUT2D eigenvalue weighted by molar-refractivity contribution is 7.16. The van der Waals surface area contributed by atoms with Crippen LogP contribution < -0.4 is 5.32 Å². The molecule has 0 unspecified atom stereocenters. The van der Waals surface area contributed by atoms with Crippen LogP contribution in [0.15, 0.2) is 18.2 Å². The van der Waals surface area contributed by atoms with E-state index in [1.165, 1.54) is 17.4 Å². The average molecular weight is 310 g/mol. The van der Waals surface area contributed by atoms with Crippen molar-refractivity contribution >= 4 is 22.4 Å². The van der Waals surface area contributed by atoms with E-state index in [1.807, 2.05) is 20.8 Å². The van der Waals surface area contributed by atoms with Gasteiger partial charge in [0.25, 0.3) is 0 Å². The first-order chi connectivity index (χ1) is 9.92. The van der Waals surface area contributed by atoms with Crippen molar-refractivity contribution in [1.29, 1.82) is 0 Å². The van der Waals surface area contributed by atoms with Crippen LogP contribution in [0.5, 0.6) is 0 Å². The summed E-state index contributed by atoms with van der Waals surface area (Å²) in [4.78, 5) is 17.0. The molecule has 1 N–H and O–H groups in total. The van der Waals surface area contributed by atoms with Crippen molar-refractivity contribution in [3.8, 4) is 11.3 Å². The Hall–Kier alpha value is -1.82. The molecule has 0 fully saturated rings. The molecule has 6 heteroatoms. The van der Waals surface area contributed by atoms with Gasteiger partial charge in [-0.1, -0.05) is 13.8 Å². The van der Waals surface area contributed by atoms with Crippen molar-refractivity contribution < 1.29 is 13.6 Å². The minimum Gasteiger partial charge on any atom is -0.302 e. The molecular formula is C15H16F2N2OS. The summed E-state index contributed by atoms with van der Waals surface area (Å²) in [5, 5.41) is 3.22. The van der Waals surface area contributed by atoms with E-state index in [1.54, 1.807) is 0 Å². The molecule has 2 aromatic rings. The second-order valence-electron chi connectivity index (χ2n) is 4.85. The summed E-state index contributed by atoms with van der Waals surface area (Å²) in [6.45, 7) is 5.60. The Bertz CT molecular complexity index is 670. The minimum atomic E-state index is -0.912. The van der Waals surface area contributed by atoms with Crippen LogP contribution in [0.3, 0.4) is 0 Å². The number of halogens is 2.